The topological polar surface area (TPSA) is 102 Å². The second-order valence-corrected chi connectivity index (χ2v) is 10.1. The van der Waals surface area contributed by atoms with Crippen LogP contribution in [0.15, 0.2) is 30.3 Å². The van der Waals surface area contributed by atoms with Crippen LogP contribution < -0.4 is 5.32 Å². The second-order valence-electron chi connectivity index (χ2n) is 9.02. The summed E-state index contributed by atoms with van der Waals surface area (Å²) < 4.78 is 10.6. The first kappa shape index (κ1) is 26.7. The molecule has 1 fully saturated rings. The van der Waals surface area contributed by atoms with Crippen molar-refractivity contribution in [2.75, 3.05) is 18.1 Å². The van der Waals surface area contributed by atoms with Gasteiger partial charge in [-0.15, -0.1) is 11.8 Å². The van der Waals surface area contributed by atoms with E-state index >= 15 is 0 Å². The van der Waals surface area contributed by atoms with Gasteiger partial charge >= 0.3 is 12.1 Å². The van der Waals surface area contributed by atoms with Crippen molar-refractivity contribution in [3.8, 4) is 0 Å². The van der Waals surface area contributed by atoms with E-state index in [9.17, 15) is 19.2 Å². The van der Waals surface area contributed by atoms with Gasteiger partial charge in [0.2, 0.25) is 5.91 Å². The lowest BCUT2D eigenvalue weighted by Gasteiger charge is -2.25. The maximum atomic E-state index is 12.9. The summed E-state index contributed by atoms with van der Waals surface area (Å²) >= 11 is 1.39. The number of thioether (sulfide) groups is 1. The number of benzene rings is 1. The van der Waals surface area contributed by atoms with E-state index in [1.165, 1.54) is 16.7 Å². The molecule has 9 heteroatoms. The summed E-state index contributed by atoms with van der Waals surface area (Å²) in [5.41, 5.74) is 0.282. The van der Waals surface area contributed by atoms with Crippen LogP contribution in [-0.4, -0.2) is 64.4 Å². The lowest BCUT2D eigenvalue weighted by Crippen LogP contribution is -2.49. The number of carbonyl (C=O) groups excluding carboxylic acids is 4. The Bertz CT molecular complexity index is 824. The van der Waals surface area contributed by atoms with Crippen molar-refractivity contribution in [2.45, 2.75) is 71.2 Å². The molecular formula is C24H34N2O6S. The summed E-state index contributed by atoms with van der Waals surface area (Å²) in [6, 6.07) is 8.13. The van der Waals surface area contributed by atoms with E-state index in [-0.39, 0.29) is 49.0 Å². The largest absolute Gasteiger partial charge is 0.459 e. The summed E-state index contributed by atoms with van der Waals surface area (Å²) in [5, 5.41) is 2.95. The minimum Gasteiger partial charge on any atom is -0.459 e. The molecule has 8 nitrogen and oxygen atoms in total. The van der Waals surface area contributed by atoms with Crippen molar-refractivity contribution in [1.82, 2.24) is 10.2 Å². The van der Waals surface area contributed by atoms with Crippen LogP contribution >= 0.6 is 11.8 Å². The SMILES string of the molecule is CCC[C@@H](CSCC(=O)OC(C)(C)C)NC(=O)[C@@H]1CC(=O)CN1C(=O)OCc1ccccc1. The zero-order valence-corrected chi connectivity index (χ0v) is 20.6. The molecule has 1 heterocycles. The third kappa shape index (κ3) is 9.45. The van der Waals surface area contributed by atoms with Crippen molar-refractivity contribution in [2.24, 2.45) is 0 Å². The van der Waals surface area contributed by atoms with E-state index in [0.29, 0.717) is 12.2 Å². The number of amides is 2. The Morgan fingerprint density at radius 1 is 1.21 bits per heavy atom. The van der Waals surface area contributed by atoms with E-state index in [1.54, 1.807) is 0 Å². The number of nitrogens with zero attached hydrogens (tertiary/aromatic N) is 1. The first-order valence-electron chi connectivity index (χ1n) is 11.2. The van der Waals surface area contributed by atoms with Crippen LogP contribution in [0.3, 0.4) is 0 Å². The molecule has 1 aromatic carbocycles. The monoisotopic (exact) mass is 478 g/mol. The lowest BCUT2D eigenvalue weighted by molar-refractivity contribution is -0.151. The Hall–Kier alpha value is -2.55. The van der Waals surface area contributed by atoms with Crippen molar-refractivity contribution in [3.63, 3.8) is 0 Å². The molecule has 1 aromatic rings. The summed E-state index contributed by atoms with van der Waals surface area (Å²) in [7, 11) is 0. The molecule has 0 radical (unpaired) electrons. The molecule has 182 valence electrons. The van der Waals surface area contributed by atoms with Gasteiger partial charge < -0.3 is 14.8 Å². The molecule has 2 amide bonds. The predicted octanol–water partition coefficient (Wildman–Crippen LogP) is 3.33. The number of hydrogen-bond donors (Lipinski definition) is 1. The fourth-order valence-corrected chi connectivity index (χ4v) is 4.30. The molecule has 33 heavy (non-hydrogen) atoms. The minimum absolute atomic E-state index is 0.0316. The number of carbonyl (C=O) groups is 4. The first-order valence-corrected chi connectivity index (χ1v) is 12.3. The highest BCUT2D eigenvalue weighted by Gasteiger charge is 2.40. The molecule has 2 atom stereocenters. The molecule has 0 spiro atoms. The molecule has 1 aliphatic rings. The van der Waals surface area contributed by atoms with E-state index < -0.39 is 17.7 Å². The van der Waals surface area contributed by atoms with Crippen LogP contribution in [0.4, 0.5) is 4.79 Å². The van der Waals surface area contributed by atoms with Crippen LogP contribution in [0.5, 0.6) is 0 Å². The Balaban J connectivity index is 1.89. The van der Waals surface area contributed by atoms with Gasteiger partial charge in [-0.3, -0.25) is 19.3 Å². The highest BCUT2D eigenvalue weighted by atomic mass is 32.2. The quantitative estimate of drug-likeness (QED) is 0.515. The fourth-order valence-electron chi connectivity index (χ4n) is 3.42. The van der Waals surface area contributed by atoms with E-state index in [0.717, 1.165) is 12.0 Å². The van der Waals surface area contributed by atoms with Crippen LogP contribution in [0.25, 0.3) is 0 Å². The molecule has 1 N–H and O–H groups in total. The van der Waals surface area contributed by atoms with Crippen molar-refractivity contribution in [1.29, 1.82) is 0 Å². The Kier molecular flexibility index (Phi) is 10.2. The highest BCUT2D eigenvalue weighted by Crippen LogP contribution is 2.18. The Labute approximate surface area is 199 Å². The van der Waals surface area contributed by atoms with Crippen molar-refractivity contribution in [3.05, 3.63) is 35.9 Å². The average molecular weight is 479 g/mol. The molecule has 0 unspecified atom stereocenters. The van der Waals surface area contributed by atoms with Gasteiger partial charge in [0.05, 0.1) is 12.3 Å². The van der Waals surface area contributed by atoms with Crippen LogP contribution in [0, 0.1) is 0 Å². The van der Waals surface area contributed by atoms with Gasteiger partial charge in [0.15, 0.2) is 5.78 Å². The number of ketones is 1. The second kappa shape index (κ2) is 12.6. The number of esters is 1. The highest BCUT2D eigenvalue weighted by molar-refractivity contribution is 7.99. The Morgan fingerprint density at radius 3 is 2.55 bits per heavy atom. The number of rotatable bonds is 10. The number of likely N-dealkylation sites (tertiary alicyclic amines) is 1. The standard InChI is InChI=1S/C24H34N2O6S/c1-5-9-18(15-33-16-21(28)32-24(2,3)4)25-22(29)20-12-19(27)13-26(20)23(30)31-14-17-10-7-6-8-11-17/h6-8,10-11,18,20H,5,9,12-16H2,1-4H3,(H,25,29)/t18-,20-/m0/s1. The van der Waals surface area contributed by atoms with Gasteiger partial charge in [0.1, 0.15) is 18.2 Å². The Morgan fingerprint density at radius 2 is 1.91 bits per heavy atom. The normalized spacial score (nSPS) is 16.9. The lowest BCUT2D eigenvalue weighted by atomic mass is 10.1. The number of nitrogens with one attached hydrogen (secondary N) is 1. The van der Waals surface area contributed by atoms with Crippen molar-refractivity contribution < 1.29 is 28.7 Å². The summed E-state index contributed by atoms with van der Waals surface area (Å²) in [4.78, 5) is 50.7. The van der Waals surface area contributed by atoms with Gasteiger partial charge in [-0.05, 0) is 32.8 Å². The van der Waals surface area contributed by atoms with Gasteiger partial charge in [0, 0.05) is 18.2 Å². The summed E-state index contributed by atoms with van der Waals surface area (Å²) in [6.45, 7) is 7.37. The summed E-state index contributed by atoms with van der Waals surface area (Å²) in [5.74, 6) is -0.152. The fraction of sp³-hybridized carbons (Fsp3) is 0.583. The van der Waals surface area contributed by atoms with Gasteiger partial charge in [-0.2, -0.15) is 0 Å². The number of Topliss-reactive ketones (excluding diaryl/α,β-unsaturated/α-hetero) is 1. The molecule has 1 aliphatic heterocycles. The van der Waals surface area contributed by atoms with Crippen LogP contribution in [0.1, 0.15) is 52.5 Å². The van der Waals surface area contributed by atoms with Gasteiger partial charge in [-0.1, -0.05) is 43.7 Å². The third-order valence-electron chi connectivity index (χ3n) is 4.83. The predicted molar refractivity (Wildman–Crippen MR) is 127 cm³/mol. The van der Waals surface area contributed by atoms with Gasteiger partial charge in [0.25, 0.3) is 0 Å². The van der Waals surface area contributed by atoms with Gasteiger partial charge in [-0.25, -0.2) is 4.79 Å². The number of ether oxygens (including phenoxy) is 2. The molecule has 0 aromatic heterocycles. The smallest absolute Gasteiger partial charge is 0.411 e. The third-order valence-corrected chi connectivity index (χ3v) is 5.91. The number of hydrogen-bond acceptors (Lipinski definition) is 7. The molecule has 1 saturated heterocycles. The minimum atomic E-state index is -0.893. The zero-order valence-electron chi connectivity index (χ0n) is 19.8. The van der Waals surface area contributed by atoms with Crippen LogP contribution in [0.2, 0.25) is 0 Å². The van der Waals surface area contributed by atoms with E-state index in [2.05, 4.69) is 5.32 Å². The average Bonchev–Trinajstić information content (AvgIpc) is 3.13. The molecule has 2 rings (SSSR count). The molecular weight excluding hydrogens is 444 g/mol. The first-order chi connectivity index (χ1) is 15.6. The molecule has 0 saturated carbocycles. The maximum absolute atomic E-state index is 12.9. The van der Waals surface area contributed by atoms with Crippen LogP contribution in [-0.2, 0) is 30.5 Å². The summed E-state index contributed by atoms with van der Waals surface area (Å²) in [6.07, 6.45) is 0.836. The van der Waals surface area contributed by atoms with Crippen molar-refractivity contribution >= 4 is 35.5 Å². The zero-order chi connectivity index (χ0) is 24.4. The van der Waals surface area contributed by atoms with E-state index in [1.807, 2.05) is 58.0 Å². The molecule has 0 aliphatic carbocycles. The molecule has 0 bridgehead atoms. The maximum Gasteiger partial charge on any atom is 0.411 e. The van der Waals surface area contributed by atoms with E-state index in [4.69, 9.17) is 9.47 Å².